The van der Waals surface area contributed by atoms with Gasteiger partial charge in [0.25, 0.3) is 0 Å². The van der Waals surface area contributed by atoms with Crippen LogP contribution in [0.5, 0.6) is 0 Å². The average Bonchev–Trinajstić information content (AvgIpc) is 3.04. The summed E-state index contributed by atoms with van der Waals surface area (Å²) < 4.78 is 0. The molecule has 1 saturated heterocycles. The minimum absolute atomic E-state index is 0.228. The Morgan fingerprint density at radius 1 is 1.25 bits per heavy atom. The van der Waals surface area contributed by atoms with Gasteiger partial charge in [0.2, 0.25) is 0 Å². The van der Waals surface area contributed by atoms with Crippen molar-refractivity contribution in [1.29, 1.82) is 0 Å². The second-order valence-electron chi connectivity index (χ2n) is 6.21. The van der Waals surface area contributed by atoms with Gasteiger partial charge in [0, 0.05) is 39.2 Å². The molecular formula is C16H19NOS2. The maximum absolute atomic E-state index is 11.9. The Morgan fingerprint density at radius 2 is 2.10 bits per heavy atom. The lowest BCUT2D eigenvalue weighted by molar-refractivity contribution is -0.122. The van der Waals surface area contributed by atoms with Crippen LogP contribution in [0.3, 0.4) is 0 Å². The molecule has 1 aromatic carbocycles. The third-order valence-electron chi connectivity index (χ3n) is 5.30. The van der Waals surface area contributed by atoms with Crippen molar-refractivity contribution in [2.75, 3.05) is 18.7 Å². The number of ketones is 1. The second kappa shape index (κ2) is 4.79. The van der Waals surface area contributed by atoms with Crippen LogP contribution in [0.2, 0.25) is 0 Å². The van der Waals surface area contributed by atoms with Crippen LogP contribution >= 0.6 is 23.5 Å². The van der Waals surface area contributed by atoms with Gasteiger partial charge >= 0.3 is 0 Å². The highest BCUT2D eigenvalue weighted by Crippen LogP contribution is 2.50. The van der Waals surface area contributed by atoms with E-state index in [1.165, 1.54) is 21.8 Å². The summed E-state index contributed by atoms with van der Waals surface area (Å²) in [7, 11) is 2.18. The van der Waals surface area contributed by atoms with Crippen LogP contribution in [0.1, 0.15) is 31.2 Å². The monoisotopic (exact) mass is 305 g/mol. The van der Waals surface area contributed by atoms with Gasteiger partial charge < -0.3 is 4.90 Å². The first-order valence-electron chi connectivity index (χ1n) is 7.31. The van der Waals surface area contributed by atoms with E-state index in [-0.39, 0.29) is 5.41 Å². The minimum Gasteiger partial charge on any atom is -0.302 e. The molecule has 2 atom stereocenters. The third-order valence-corrected chi connectivity index (χ3v) is 7.69. The van der Waals surface area contributed by atoms with Crippen LogP contribution in [0.4, 0.5) is 0 Å². The molecule has 2 nitrogen and oxygen atoms in total. The summed E-state index contributed by atoms with van der Waals surface area (Å²) in [6, 6.07) is 7.47. The summed E-state index contributed by atoms with van der Waals surface area (Å²) in [6.45, 7) is 1.12. The number of nitrogens with zero attached hydrogens (tertiary/aromatic N) is 1. The molecule has 2 aliphatic heterocycles. The Kier molecular flexibility index (Phi) is 3.17. The number of carbonyl (C=O) groups excluding carboxylic acids is 1. The Morgan fingerprint density at radius 3 is 3.00 bits per heavy atom. The Bertz CT molecular complexity index is 574. The van der Waals surface area contributed by atoms with Gasteiger partial charge in [0.05, 0.1) is 0 Å². The van der Waals surface area contributed by atoms with E-state index in [2.05, 4.69) is 30.1 Å². The van der Waals surface area contributed by atoms with Gasteiger partial charge in [-0.2, -0.15) is 0 Å². The molecule has 0 amide bonds. The van der Waals surface area contributed by atoms with Crippen LogP contribution < -0.4 is 0 Å². The SMILES string of the molecule is CN1CC[C@]2(c3ccc4c(c3)SCS4)CCC(=O)C[C@H]12. The number of hydrogen-bond acceptors (Lipinski definition) is 4. The summed E-state index contributed by atoms with van der Waals surface area (Å²) >= 11 is 3.91. The first-order chi connectivity index (χ1) is 9.69. The number of benzene rings is 1. The van der Waals surface area contributed by atoms with E-state index in [0.717, 1.165) is 30.9 Å². The molecule has 20 heavy (non-hydrogen) atoms. The van der Waals surface area contributed by atoms with E-state index in [9.17, 15) is 4.79 Å². The van der Waals surface area contributed by atoms with Crippen LogP contribution in [-0.2, 0) is 10.2 Å². The van der Waals surface area contributed by atoms with Crippen molar-refractivity contribution in [3.05, 3.63) is 23.8 Å². The number of likely N-dealkylation sites (tertiary alicyclic amines) is 1. The summed E-state index contributed by atoms with van der Waals surface area (Å²) in [6.07, 6.45) is 3.76. The highest BCUT2D eigenvalue weighted by Gasteiger charge is 2.50. The number of hydrogen-bond donors (Lipinski definition) is 0. The predicted octanol–water partition coefficient (Wildman–Crippen LogP) is 3.54. The van der Waals surface area contributed by atoms with Gasteiger partial charge in [-0.3, -0.25) is 4.79 Å². The molecule has 106 valence electrons. The van der Waals surface area contributed by atoms with Crippen LogP contribution in [0, 0.1) is 0 Å². The van der Waals surface area contributed by atoms with E-state index in [4.69, 9.17) is 0 Å². The highest BCUT2D eigenvalue weighted by molar-refractivity contribution is 8.18. The molecule has 1 saturated carbocycles. The van der Waals surface area contributed by atoms with Crippen molar-refractivity contribution in [2.45, 2.75) is 46.9 Å². The number of likely N-dealkylation sites (N-methyl/N-ethyl adjacent to an activating group) is 1. The molecule has 2 heterocycles. The summed E-state index contributed by atoms with van der Waals surface area (Å²) in [5, 5.41) is 1.15. The molecule has 4 rings (SSSR count). The predicted molar refractivity (Wildman–Crippen MR) is 84.6 cm³/mol. The molecule has 0 aromatic heterocycles. The zero-order chi connectivity index (χ0) is 13.7. The normalized spacial score (nSPS) is 33.2. The van der Waals surface area contributed by atoms with Crippen molar-refractivity contribution in [2.24, 2.45) is 0 Å². The topological polar surface area (TPSA) is 20.3 Å². The molecular weight excluding hydrogens is 286 g/mol. The van der Waals surface area contributed by atoms with Gasteiger partial charge in [-0.25, -0.2) is 0 Å². The molecule has 0 unspecified atom stereocenters. The highest BCUT2D eigenvalue weighted by atomic mass is 32.2. The fourth-order valence-electron chi connectivity index (χ4n) is 4.13. The molecule has 1 aromatic rings. The zero-order valence-corrected chi connectivity index (χ0v) is 13.4. The molecule has 0 N–H and O–H groups in total. The van der Waals surface area contributed by atoms with Crippen molar-refractivity contribution in [3.63, 3.8) is 0 Å². The molecule has 3 aliphatic rings. The maximum Gasteiger partial charge on any atom is 0.134 e. The quantitative estimate of drug-likeness (QED) is 0.790. The van der Waals surface area contributed by atoms with Crippen molar-refractivity contribution < 1.29 is 4.79 Å². The van der Waals surface area contributed by atoms with Crippen molar-refractivity contribution >= 4 is 29.3 Å². The Balaban J connectivity index is 1.77. The number of Topliss-reactive ketones (excluding diaryl/α,β-unsaturated/α-hetero) is 1. The Labute approximate surface area is 128 Å². The second-order valence-corrected chi connectivity index (χ2v) is 8.61. The lowest BCUT2D eigenvalue weighted by Gasteiger charge is -2.41. The van der Waals surface area contributed by atoms with Gasteiger partial charge in [0.15, 0.2) is 0 Å². The van der Waals surface area contributed by atoms with E-state index in [1.807, 2.05) is 23.5 Å². The first kappa shape index (κ1) is 13.2. The van der Waals surface area contributed by atoms with E-state index >= 15 is 0 Å². The molecule has 1 aliphatic carbocycles. The number of fused-ring (bicyclic) bond motifs is 2. The maximum atomic E-state index is 11.9. The van der Waals surface area contributed by atoms with Crippen LogP contribution in [0.15, 0.2) is 28.0 Å². The van der Waals surface area contributed by atoms with Gasteiger partial charge in [-0.05, 0) is 44.1 Å². The van der Waals surface area contributed by atoms with Crippen LogP contribution in [-0.4, -0.2) is 35.4 Å². The molecule has 0 bridgehead atoms. The lowest BCUT2D eigenvalue weighted by atomic mass is 9.66. The number of thioether (sulfide) groups is 2. The van der Waals surface area contributed by atoms with Crippen molar-refractivity contribution in [3.8, 4) is 0 Å². The standard InChI is InChI=1S/C16H19NOS2/c1-17-7-6-16(5-4-12(18)9-15(16)17)11-2-3-13-14(8-11)20-10-19-13/h2-3,8,15H,4-7,9-10H2,1H3/t15-,16-/m0/s1. The van der Waals surface area contributed by atoms with Gasteiger partial charge in [0.1, 0.15) is 5.78 Å². The van der Waals surface area contributed by atoms with Crippen molar-refractivity contribution in [1.82, 2.24) is 4.90 Å². The van der Waals surface area contributed by atoms with Gasteiger partial charge in [-0.1, -0.05) is 6.07 Å². The first-order valence-corrected chi connectivity index (χ1v) is 9.28. The lowest BCUT2D eigenvalue weighted by Crippen LogP contribution is -2.46. The summed E-state index contributed by atoms with van der Waals surface area (Å²) in [5.74, 6) is 0.450. The van der Waals surface area contributed by atoms with E-state index < -0.39 is 0 Å². The molecule has 2 fully saturated rings. The van der Waals surface area contributed by atoms with Gasteiger partial charge in [-0.15, -0.1) is 23.5 Å². The molecule has 0 radical (unpaired) electrons. The average molecular weight is 305 g/mol. The molecule has 0 spiro atoms. The summed E-state index contributed by atoms with van der Waals surface area (Å²) in [4.78, 5) is 17.2. The summed E-state index contributed by atoms with van der Waals surface area (Å²) in [5.41, 5.74) is 1.71. The molecule has 4 heteroatoms. The fraction of sp³-hybridized carbons (Fsp3) is 0.562. The van der Waals surface area contributed by atoms with E-state index in [0.29, 0.717) is 11.8 Å². The van der Waals surface area contributed by atoms with Crippen LogP contribution in [0.25, 0.3) is 0 Å². The zero-order valence-electron chi connectivity index (χ0n) is 11.7. The minimum atomic E-state index is 0.228. The fourth-order valence-corrected chi connectivity index (χ4v) is 6.52. The number of rotatable bonds is 1. The third kappa shape index (κ3) is 1.88. The number of carbonyl (C=O) groups is 1. The Hall–Kier alpha value is -0.450. The largest absolute Gasteiger partial charge is 0.302 e. The van der Waals surface area contributed by atoms with E-state index in [1.54, 1.807) is 0 Å². The smallest absolute Gasteiger partial charge is 0.134 e.